The molecule has 0 spiro atoms. The zero-order valence-electron chi connectivity index (χ0n) is 23.3. The van der Waals surface area contributed by atoms with E-state index in [1.54, 1.807) is 32.0 Å². The van der Waals surface area contributed by atoms with Crippen molar-refractivity contribution in [1.29, 1.82) is 0 Å². The van der Waals surface area contributed by atoms with Gasteiger partial charge in [-0.15, -0.1) is 0 Å². The molecule has 10 heteroatoms. The topological polar surface area (TPSA) is 125 Å². The second-order valence-corrected chi connectivity index (χ2v) is 11.5. The van der Waals surface area contributed by atoms with Crippen LogP contribution in [0.3, 0.4) is 0 Å². The molecule has 9 nitrogen and oxygen atoms in total. The third-order valence-corrected chi connectivity index (χ3v) is 7.87. The number of allylic oxidation sites excluding steroid dienone is 2. The van der Waals surface area contributed by atoms with E-state index < -0.39 is 15.9 Å². The number of aromatic nitrogens is 2. The largest absolute Gasteiger partial charge is 0.466 e. The lowest BCUT2D eigenvalue weighted by atomic mass is 9.88. The highest BCUT2D eigenvalue weighted by Crippen LogP contribution is 2.35. The summed E-state index contributed by atoms with van der Waals surface area (Å²) in [7, 11) is -4.24. The van der Waals surface area contributed by atoms with Crippen molar-refractivity contribution >= 4 is 27.5 Å². The first-order valence-corrected chi connectivity index (χ1v) is 14.6. The van der Waals surface area contributed by atoms with Crippen LogP contribution in [0.15, 0.2) is 53.6 Å². The fourth-order valence-electron chi connectivity index (χ4n) is 4.73. The van der Waals surface area contributed by atoms with E-state index in [2.05, 4.69) is 14.7 Å². The van der Waals surface area contributed by atoms with Crippen LogP contribution in [0.5, 0.6) is 11.6 Å². The van der Waals surface area contributed by atoms with E-state index in [0.717, 1.165) is 22.3 Å². The van der Waals surface area contributed by atoms with E-state index in [4.69, 9.17) is 9.47 Å². The van der Waals surface area contributed by atoms with Gasteiger partial charge in [0, 0.05) is 8.55 Å². The molecule has 1 aliphatic carbocycles. The molecule has 214 valence electrons. The Kier molecular flexibility index (Phi) is 8.68. The SMILES string of the molecule is CCOC(=O)C1CC=C(c2ccc(C(=O)NS(=O)(=O)c3cccc(C)n3)c(Oc3c(C)cc(C)cc3C)n2)CC1.[HH].[HH]. The summed E-state index contributed by atoms with van der Waals surface area (Å²) >= 11 is 0. The Labute approximate surface area is 237 Å². The first-order chi connectivity index (χ1) is 19.0. The Bertz CT molecular complexity index is 1590. The maximum atomic E-state index is 13.3. The molecule has 1 unspecified atom stereocenters. The van der Waals surface area contributed by atoms with Gasteiger partial charge in [0.2, 0.25) is 5.88 Å². The molecule has 1 aromatic carbocycles. The van der Waals surface area contributed by atoms with Gasteiger partial charge in [-0.1, -0.05) is 29.8 Å². The van der Waals surface area contributed by atoms with Gasteiger partial charge in [-0.05, 0) is 94.8 Å². The number of ether oxygens (including phenoxy) is 2. The predicted octanol–water partition coefficient (Wildman–Crippen LogP) is 5.86. The summed E-state index contributed by atoms with van der Waals surface area (Å²) in [4.78, 5) is 34.2. The number of benzene rings is 1. The highest BCUT2D eigenvalue weighted by atomic mass is 32.2. The molecule has 3 aromatic rings. The Morgan fingerprint density at radius 2 is 1.77 bits per heavy atom. The summed E-state index contributed by atoms with van der Waals surface area (Å²) in [5.41, 5.74) is 4.71. The maximum absolute atomic E-state index is 13.3. The van der Waals surface area contributed by atoms with E-state index in [9.17, 15) is 18.0 Å². The number of amides is 1. The number of carbonyl (C=O) groups is 2. The average molecular weight is 568 g/mol. The molecular weight excluding hydrogens is 530 g/mol. The molecule has 0 aliphatic heterocycles. The molecule has 0 saturated heterocycles. The molecule has 0 fully saturated rings. The second-order valence-electron chi connectivity index (χ2n) is 9.88. The number of nitrogens with one attached hydrogen (secondary N) is 1. The van der Waals surface area contributed by atoms with Crippen molar-refractivity contribution in [2.45, 2.75) is 58.9 Å². The van der Waals surface area contributed by atoms with Crippen LogP contribution in [0, 0.1) is 33.6 Å². The van der Waals surface area contributed by atoms with Crippen LogP contribution in [0.1, 0.15) is 67.5 Å². The molecule has 1 N–H and O–H groups in total. The number of aryl methyl sites for hydroxylation is 4. The van der Waals surface area contributed by atoms with Crippen molar-refractivity contribution in [3.05, 3.63) is 82.2 Å². The fraction of sp³-hybridized carbons (Fsp3) is 0.333. The van der Waals surface area contributed by atoms with E-state index >= 15 is 0 Å². The van der Waals surface area contributed by atoms with E-state index in [1.165, 1.54) is 12.1 Å². The molecular formula is C30H37N3O6S. The third-order valence-electron chi connectivity index (χ3n) is 6.63. The van der Waals surface area contributed by atoms with Crippen molar-refractivity contribution in [3.8, 4) is 11.6 Å². The number of sulfonamides is 1. The molecule has 0 bridgehead atoms. The van der Waals surface area contributed by atoms with E-state index in [1.807, 2.05) is 39.0 Å². The number of hydrogen-bond acceptors (Lipinski definition) is 8. The summed E-state index contributed by atoms with van der Waals surface area (Å²) in [5, 5.41) is -0.262. The molecule has 1 aliphatic rings. The molecule has 0 radical (unpaired) electrons. The van der Waals surface area contributed by atoms with Crippen molar-refractivity contribution in [2.24, 2.45) is 5.92 Å². The van der Waals surface area contributed by atoms with Crippen LogP contribution in [0.2, 0.25) is 0 Å². The van der Waals surface area contributed by atoms with Crippen LogP contribution in [0.4, 0.5) is 0 Å². The Morgan fingerprint density at radius 3 is 2.40 bits per heavy atom. The summed E-state index contributed by atoms with van der Waals surface area (Å²) in [6, 6.07) is 11.6. The van der Waals surface area contributed by atoms with Gasteiger partial charge in [-0.3, -0.25) is 9.59 Å². The van der Waals surface area contributed by atoms with Gasteiger partial charge in [-0.2, -0.15) is 8.42 Å². The first-order valence-electron chi connectivity index (χ1n) is 13.1. The lowest BCUT2D eigenvalue weighted by Crippen LogP contribution is -2.31. The van der Waals surface area contributed by atoms with Crippen molar-refractivity contribution in [2.75, 3.05) is 6.61 Å². The highest BCUT2D eigenvalue weighted by molar-refractivity contribution is 7.90. The highest BCUT2D eigenvalue weighted by Gasteiger charge is 2.27. The fourth-order valence-corrected chi connectivity index (χ4v) is 5.71. The quantitative estimate of drug-likeness (QED) is 0.336. The first kappa shape index (κ1) is 28.9. The monoisotopic (exact) mass is 567 g/mol. The van der Waals surface area contributed by atoms with Gasteiger partial charge < -0.3 is 9.47 Å². The van der Waals surface area contributed by atoms with Gasteiger partial charge in [0.1, 0.15) is 11.3 Å². The maximum Gasteiger partial charge on any atom is 0.309 e. The van der Waals surface area contributed by atoms with Gasteiger partial charge in [-0.25, -0.2) is 14.7 Å². The molecule has 2 heterocycles. The van der Waals surface area contributed by atoms with Crippen molar-refractivity contribution in [1.82, 2.24) is 14.7 Å². The lowest BCUT2D eigenvalue weighted by Gasteiger charge is -2.21. The zero-order chi connectivity index (χ0) is 29.0. The van der Waals surface area contributed by atoms with E-state index in [0.29, 0.717) is 43.0 Å². The predicted molar refractivity (Wildman–Crippen MR) is 155 cm³/mol. The van der Waals surface area contributed by atoms with Crippen LogP contribution < -0.4 is 9.46 Å². The Morgan fingerprint density at radius 1 is 1.05 bits per heavy atom. The minimum atomic E-state index is -4.24. The van der Waals surface area contributed by atoms with Gasteiger partial charge in [0.05, 0.1) is 18.2 Å². The molecule has 1 amide bonds. The number of carbonyl (C=O) groups excluding carboxylic acids is 2. The summed E-state index contributed by atoms with van der Waals surface area (Å²) in [5.74, 6) is -0.794. The molecule has 1 atom stereocenters. The molecule has 0 saturated carbocycles. The standard InChI is InChI=1S/C30H33N3O6S.2H2/c1-6-38-30(35)23-12-10-22(11-13-23)25-15-14-24(28(34)33-40(36,37)26-9-7-8-21(5)31-26)29(32-25)39-27-19(3)16-18(2)17-20(27)4;;/h7-10,14-17,23H,6,11-13H2,1-5H3,(H,33,34);2*1H. The minimum Gasteiger partial charge on any atom is -0.466 e. The van der Waals surface area contributed by atoms with E-state index in [-0.39, 0.29) is 31.2 Å². The minimum absolute atomic E-state index is 0. The Balaban J connectivity index is 0.00000308. The second kappa shape index (κ2) is 12.0. The van der Waals surface area contributed by atoms with Crippen LogP contribution in [-0.2, 0) is 19.6 Å². The van der Waals surface area contributed by atoms with Crippen LogP contribution in [-0.4, -0.2) is 36.9 Å². The number of pyridine rings is 2. The van der Waals surface area contributed by atoms with Crippen LogP contribution in [0.25, 0.3) is 5.57 Å². The molecule has 2 aromatic heterocycles. The van der Waals surface area contributed by atoms with Crippen molar-refractivity contribution < 1.29 is 30.3 Å². The smallest absolute Gasteiger partial charge is 0.309 e. The summed E-state index contributed by atoms with van der Waals surface area (Å²) < 4.78 is 39.3. The number of hydrogen-bond donors (Lipinski definition) is 1. The average Bonchev–Trinajstić information content (AvgIpc) is 2.90. The third kappa shape index (κ3) is 6.56. The normalized spacial score (nSPS) is 15.2. The van der Waals surface area contributed by atoms with Gasteiger partial charge in [0.25, 0.3) is 15.9 Å². The molecule has 4 rings (SSSR count). The number of rotatable bonds is 8. The van der Waals surface area contributed by atoms with Gasteiger partial charge >= 0.3 is 5.97 Å². The zero-order valence-corrected chi connectivity index (χ0v) is 24.1. The molecule has 40 heavy (non-hydrogen) atoms. The lowest BCUT2D eigenvalue weighted by molar-refractivity contribution is -0.148. The van der Waals surface area contributed by atoms with Crippen LogP contribution >= 0.6 is 0 Å². The number of nitrogens with zero attached hydrogens (tertiary/aromatic N) is 2. The van der Waals surface area contributed by atoms with Gasteiger partial charge in [0.15, 0.2) is 5.03 Å². The van der Waals surface area contributed by atoms with Crippen molar-refractivity contribution in [3.63, 3.8) is 0 Å². The number of esters is 1. The summed E-state index contributed by atoms with van der Waals surface area (Å²) in [6.07, 6.45) is 3.68. The summed E-state index contributed by atoms with van der Waals surface area (Å²) in [6.45, 7) is 9.55. The Hall–Kier alpha value is -4.05.